The van der Waals surface area contributed by atoms with Gasteiger partial charge in [-0.3, -0.25) is 9.59 Å². The van der Waals surface area contributed by atoms with Crippen LogP contribution in [-0.4, -0.2) is 50.4 Å². The van der Waals surface area contributed by atoms with Gasteiger partial charge >= 0.3 is 0 Å². The molecule has 2 N–H and O–H groups in total. The van der Waals surface area contributed by atoms with Crippen LogP contribution in [0.2, 0.25) is 0 Å². The number of piperidine rings is 1. The number of rotatable bonds is 6. The van der Waals surface area contributed by atoms with E-state index in [1.165, 1.54) is 29.8 Å². The van der Waals surface area contributed by atoms with Gasteiger partial charge in [0.15, 0.2) is 0 Å². The van der Waals surface area contributed by atoms with Gasteiger partial charge in [0, 0.05) is 49.8 Å². The lowest BCUT2D eigenvalue weighted by molar-refractivity contribution is -0.114. The van der Waals surface area contributed by atoms with Gasteiger partial charge in [-0.1, -0.05) is 6.07 Å². The van der Waals surface area contributed by atoms with Crippen molar-refractivity contribution in [3.05, 3.63) is 54.1 Å². The second-order valence-electron chi connectivity index (χ2n) is 7.28. The Kier molecular flexibility index (Phi) is 6.53. The molecule has 148 valence electrons. The summed E-state index contributed by atoms with van der Waals surface area (Å²) in [5.74, 6) is -0.197. The van der Waals surface area contributed by atoms with E-state index in [1.807, 2.05) is 18.2 Å². The topological polar surface area (TPSA) is 64.7 Å². The van der Waals surface area contributed by atoms with Crippen molar-refractivity contribution in [1.82, 2.24) is 4.90 Å². The van der Waals surface area contributed by atoms with Crippen LogP contribution in [0.1, 0.15) is 29.6 Å². The number of nitrogens with one attached hydrogen (secondary N) is 2. The number of anilines is 3. The number of carbonyl (C=O) groups excluding carboxylic acids is 2. The van der Waals surface area contributed by atoms with Crippen LogP contribution >= 0.6 is 0 Å². The average molecular weight is 380 g/mol. The molecule has 0 radical (unpaired) electrons. The summed E-state index contributed by atoms with van der Waals surface area (Å²) in [6.07, 6.45) is 3.79. The molecule has 1 aliphatic rings. The van der Waals surface area contributed by atoms with Crippen molar-refractivity contribution in [2.45, 2.75) is 19.3 Å². The minimum Gasteiger partial charge on any atom is -0.376 e. The number of benzene rings is 2. The Balaban J connectivity index is 1.52. The van der Waals surface area contributed by atoms with Crippen molar-refractivity contribution >= 4 is 28.9 Å². The van der Waals surface area contributed by atoms with Crippen molar-refractivity contribution in [2.24, 2.45) is 0 Å². The summed E-state index contributed by atoms with van der Waals surface area (Å²) >= 11 is 0. The molecular formula is C22H28N4O2. The van der Waals surface area contributed by atoms with Gasteiger partial charge in [0.2, 0.25) is 5.91 Å². The summed E-state index contributed by atoms with van der Waals surface area (Å²) in [5.41, 5.74) is 3.31. The third-order valence-corrected chi connectivity index (χ3v) is 4.84. The highest BCUT2D eigenvalue weighted by Crippen LogP contribution is 2.21. The molecule has 3 rings (SSSR count). The smallest absolute Gasteiger partial charge is 0.253 e. The Morgan fingerprint density at radius 3 is 2.36 bits per heavy atom. The molecule has 6 nitrogen and oxygen atoms in total. The maximum atomic E-state index is 12.2. The molecule has 2 aromatic rings. The number of hydrogen-bond acceptors (Lipinski definition) is 4. The van der Waals surface area contributed by atoms with Gasteiger partial charge in [-0.2, -0.15) is 0 Å². The van der Waals surface area contributed by atoms with E-state index in [2.05, 4.69) is 27.7 Å². The summed E-state index contributed by atoms with van der Waals surface area (Å²) in [6.45, 7) is 2.34. The number of nitrogens with zero attached hydrogens (tertiary/aromatic N) is 2. The van der Waals surface area contributed by atoms with Crippen molar-refractivity contribution in [3.63, 3.8) is 0 Å². The lowest BCUT2D eigenvalue weighted by Gasteiger charge is -2.28. The summed E-state index contributed by atoms with van der Waals surface area (Å²) in [4.78, 5) is 28.2. The predicted molar refractivity (Wildman–Crippen MR) is 114 cm³/mol. The molecule has 0 aliphatic carbocycles. The zero-order valence-corrected chi connectivity index (χ0v) is 16.6. The first-order chi connectivity index (χ1) is 13.5. The lowest BCUT2D eigenvalue weighted by atomic mass is 10.1. The molecule has 0 aromatic heterocycles. The molecule has 1 saturated heterocycles. The van der Waals surface area contributed by atoms with E-state index in [1.54, 1.807) is 32.3 Å². The maximum absolute atomic E-state index is 12.2. The zero-order valence-electron chi connectivity index (χ0n) is 16.6. The Bertz CT molecular complexity index is 812. The first-order valence-electron chi connectivity index (χ1n) is 9.73. The third-order valence-electron chi connectivity index (χ3n) is 4.84. The van der Waals surface area contributed by atoms with Crippen LogP contribution in [0.25, 0.3) is 0 Å². The maximum Gasteiger partial charge on any atom is 0.253 e. The largest absolute Gasteiger partial charge is 0.376 e. The highest BCUT2D eigenvalue weighted by atomic mass is 16.2. The Labute approximate surface area is 166 Å². The molecule has 2 amide bonds. The van der Waals surface area contributed by atoms with Crippen LogP contribution in [-0.2, 0) is 4.79 Å². The quantitative estimate of drug-likeness (QED) is 0.806. The standard InChI is InChI=1S/C22H28N4O2/c1-25(2)22(28)17-7-6-8-19(15-17)23-16-21(27)24-18-9-11-20(12-10-18)26-13-4-3-5-14-26/h6-12,15,23H,3-5,13-14,16H2,1-2H3,(H,24,27). The number of hydrogen-bond donors (Lipinski definition) is 2. The van der Waals surface area contributed by atoms with Crippen LogP contribution < -0.4 is 15.5 Å². The first-order valence-corrected chi connectivity index (χ1v) is 9.73. The molecule has 1 heterocycles. The molecule has 0 unspecified atom stereocenters. The van der Waals surface area contributed by atoms with E-state index in [0.717, 1.165) is 24.5 Å². The summed E-state index contributed by atoms with van der Waals surface area (Å²) in [5, 5.41) is 5.97. The highest BCUT2D eigenvalue weighted by molar-refractivity contribution is 5.96. The molecule has 1 aliphatic heterocycles. The Morgan fingerprint density at radius 2 is 1.68 bits per heavy atom. The Morgan fingerprint density at radius 1 is 0.964 bits per heavy atom. The van der Waals surface area contributed by atoms with E-state index in [4.69, 9.17) is 0 Å². The SMILES string of the molecule is CN(C)C(=O)c1cccc(NCC(=O)Nc2ccc(N3CCCCC3)cc2)c1. The van der Waals surface area contributed by atoms with Gasteiger partial charge in [-0.25, -0.2) is 0 Å². The molecular weight excluding hydrogens is 352 g/mol. The van der Waals surface area contributed by atoms with E-state index in [-0.39, 0.29) is 18.4 Å². The molecule has 28 heavy (non-hydrogen) atoms. The van der Waals surface area contributed by atoms with Crippen molar-refractivity contribution < 1.29 is 9.59 Å². The second-order valence-corrected chi connectivity index (χ2v) is 7.28. The van der Waals surface area contributed by atoms with Gasteiger partial charge in [0.25, 0.3) is 5.91 Å². The summed E-state index contributed by atoms with van der Waals surface area (Å²) < 4.78 is 0. The van der Waals surface area contributed by atoms with Crippen LogP contribution in [0.3, 0.4) is 0 Å². The molecule has 0 saturated carbocycles. The number of carbonyl (C=O) groups is 2. The van der Waals surface area contributed by atoms with E-state index >= 15 is 0 Å². The molecule has 6 heteroatoms. The van der Waals surface area contributed by atoms with Crippen molar-refractivity contribution in [3.8, 4) is 0 Å². The zero-order chi connectivity index (χ0) is 19.9. The van der Waals surface area contributed by atoms with Gasteiger partial charge in [-0.15, -0.1) is 0 Å². The third kappa shape index (κ3) is 5.25. The summed E-state index contributed by atoms with van der Waals surface area (Å²) in [7, 11) is 3.43. The van der Waals surface area contributed by atoms with Gasteiger partial charge in [-0.05, 0) is 61.7 Å². The predicted octanol–water partition coefficient (Wildman–Crippen LogP) is 3.43. The average Bonchev–Trinajstić information content (AvgIpc) is 2.73. The fraction of sp³-hybridized carbons (Fsp3) is 0.364. The summed E-state index contributed by atoms with van der Waals surface area (Å²) in [6, 6.07) is 15.2. The molecule has 0 spiro atoms. The van der Waals surface area contributed by atoms with E-state index in [0.29, 0.717) is 5.56 Å². The van der Waals surface area contributed by atoms with Crippen molar-refractivity contribution in [2.75, 3.05) is 49.3 Å². The highest BCUT2D eigenvalue weighted by Gasteiger charge is 2.11. The minimum atomic E-state index is -0.130. The number of amides is 2. The molecule has 2 aromatic carbocycles. The lowest BCUT2D eigenvalue weighted by Crippen LogP contribution is -2.29. The van der Waals surface area contributed by atoms with E-state index < -0.39 is 0 Å². The molecule has 0 bridgehead atoms. The van der Waals surface area contributed by atoms with Gasteiger partial charge < -0.3 is 20.4 Å². The van der Waals surface area contributed by atoms with Crippen LogP contribution in [0.15, 0.2) is 48.5 Å². The van der Waals surface area contributed by atoms with E-state index in [9.17, 15) is 9.59 Å². The van der Waals surface area contributed by atoms with Gasteiger partial charge in [0.05, 0.1) is 6.54 Å². The minimum absolute atomic E-state index is 0.0677. The fourth-order valence-electron chi connectivity index (χ4n) is 3.32. The Hall–Kier alpha value is -3.02. The van der Waals surface area contributed by atoms with Gasteiger partial charge in [0.1, 0.15) is 0 Å². The van der Waals surface area contributed by atoms with Crippen LogP contribution in [0.5, 0.6) is 0 Å². The van der Waals surface area contributed by atoms with Crippen LogP contribution in [0.4, 0.5) is 17.1 Å². The first kappa shape index (κ1) is 19.7. The second kappa shape index (κ2) is 9.26. The molecule has 0 atom stereocenters. The normalized spacial score (nSPS) is 13.7. The monoisotopic (exact) mass is 380 g/mol. The molecule has 1 fully saturated rings. The fourth-order valence-corrected chi connectivity index (χ4v) is 3.32. The van der Waals surface area contributed by atoms with Crippen LogP contribution in [0, 0.1) is 0 Å². The van der Waals surface area contributed by atoms with Crippen molar-refractivity contribution in [1.29, 1.82) is 0 Å².